The van der Waals surface area contributed by atoms with Gasteiger partial charge in [0.1, 0.15) is 11.3 Å². The maximum atomic E-state index is 12.4. The van der Waals surface area contributed by atoms with Crippen LogP contribution < -0.4 is 9.46 Å². The molecule has 0 atom stereocenters. The van der Waals surface area contributed by atoms with E-state index in [9.17, 15) is 13.2 Å². The summed E-state index contributed by atoms with van der Waals surface area (Å²) >= 11 is 0. The number of sulfonamides is 1. The van der Waals surface area contributed by atoms with Crippen molar-refractivity contribution in [3.63, 3.8) is 0 Å². The van der Waals surface area contributed by atoms with Crippen molar-refractivity contribution < 1.29 is 23.1 Å². The van der Waals surface area contributed by atoms with E-state index in [1.54, 1.807) is 0 Å². The van der Waals surface area contributed by atoms with E-state index in [0.717, 1.165) is 31.7 Å². The Balaban J connectivity index is 2.36. The van der Waals surface area contributed by atoms with Gasteiger partial charge in [0.25, 0.3) is 0 Å². The number of hydrogen-bond donors (Lipinski definition) is 2. The number of methoxy groups -OCH3 is 1. The number of carboxylic acid groups (broad SMARTS) is 1. The number of aromatic carboxylic acids is 1. The van der Waals surface area contributed by atoms with Crippen LogP contribution in [0.25, 0.3) is 0 Å². The number of carboxylic acids is 1. The number of benzene rings is 1. The van der Waals surface area contributed by atoms with Gasteiger partial charge in [-0.25, -0.2) is 17.9 Å². The molecule has 0 aromatic heterocycles. The predicted octanol–water partition coefficient (Wildman–Crippen LogP) is 2.00. The van der Waals surface area contributed by atoms with Gasteiger partial charge in [-0.2, -0.15) is 0 Å². The monoisotopic (exact) mass is 313 g/mol. The van der Waals surface area contributed by atoms with Crippen molar-refractivity contribution in [2.24, 2.45) is 0 Å². The third-order valence-corrected chi connectivity index (χ3v) is 5.44. The fourth-order valence-electron chi connectivity index (χ4n) is 2.66. The first kappa shape index (κ1) is 15.8. The molecule has 116 valence electrons. The van der Waals surface area contributed by atoms with Gasteiger partial charge >= 0.3 is 5.97 Å². The van der Waals surface area contributed by atoms with Crippen molar-refractivity contribution in [2.75, 3.05) is 7.11 Å². The van der Waals surface area contributed by atoms with Crippen molar-refractivity contribution in [3.05, 3.63) is 23.8 Å². The normalized spacial score (nSPS) is 17.6. The molecule has 0 radical (unpaired) electrons. The highest BCUT2D eigenvalue weighted by molar-refractivity contribution is 7.89. The highest BCUT2D eigenvalue weighted by Gasteiger charge is 2.33. The van der Waals surface area contributed by atoms with Crippen LogP contribution >= 0.6 is 0 Å². The van der Waals surface area contributed by atoms with Gasteiger partial charge < -0.3 is 9.84 Å². The average Bonchev–Trinajstić information content (AvgIpc) is 2.83. The van der Waals surface area contributed by atoms with Gasteiger partial charge in [0.05, 0.1) is 12.0 Å². The maximum Gasteiger partial charge on any atom is 0.339 e. The fraction of sp³-hybridized carbons (Fsp3) is 0.500. The van der Waals surface area contributed by atoms with E-state index in [0.29, 0.717) is 0 Å². The molecule has 2 N–H and O–H groups in total. The molecule has 1 aromatic carbocycles. The molecule has 0 bridgehead atoms. The van der Waals surface area contributed by atoms with E-state index < -0.39 is 21.5 Å². The van der Waals surface area contributed by atoms with Crippen LogP contribution in [0.15, 0.2) is 23.1 Å². The Morgan fingerprint density at radius 2 is 1.95 bits per heavy atom. The van der Waals surface area contributed by atoms with Crippen molar-refractivity contribution in [2.45, 2.75) is 43.0 Å². The molecule has 1 aliphatic carbocycles. The van der Waals surface area contributed by atoms with E-state index in [1.807, 2.05) is 6.92 Å². The van der Waals surface area contributed by atoms with E-state index >= 15 is 0 Å². The molecule has 21 heavy (non-hydrogen) atoms. The Kier molecular flexibility index (Phi) is 4.25. The van der Waals surface area contributed by atoms with Gasteiger partial charge in [-0.3, -0.25) is 0 Å². The van der Waals surface area contributed by atoms with Crippen molar-refractivity contribution in [1.82, 2.24) is 4.72 Å². The second-order valence-electron chi connectivity index (χ2n) is 5.54. The molecule has 1 saturated carbocycles. The Morgan fingerprint density at radius 3 is 2.48 bits per heavy atom. The van der Waals surface area contributed by atoms with Gasteiger partial charge in [0, 0.05) is 5.54 Å². The molecule has 0 saturated heterocycles. The first-order valence-corrected chi connectivity index (χ1v) is 8.21. The molecular formula is C14H19NO5S. The minimum absolute atomic E-state index is 0.0613. The van der Waals surface area contributed by atoms with Crippen LogP contribution in [0.3, 0.4) is 0 Å². The minimum Gasteiger partial charge on any atom is -0.496 e. The molecule has 0 unspecified atom stereocenters. The second kappa shape index (κ2) is 5.65. The summed E-state index contributed by atoms with van der Waals surface area (Å²) in [5.41, 5.74) is -0.626. The van der Waals surface area contributed by atoms with Crippen molar-refractivity contribution >= 4 is 16.0 Å². The lowest BCUT2D eigenvalue weighted by Gasteiger charge is -2.25. The molecule has 7 heteroatoms. The maximum absolute atomic E-state index is 12.4. The quantitative estimate of drug-likeness (QED) is 0.867. The molecule has 0 heterocycles. The van der Waals surface area contributed by atoms with Gasteiger partial charge in [0.15, 0.2) is 0 Å². The van der Waals surface area contributed by atoms with Crippen LogP contribution in [-0.4, -0.2) is 32.1 Å². The Labute approximate surface area is 124 Å². The molecule has 1 aromatic rings. The smallest absolute Gasteiger partial charge is 0.339 e. The molecule has 1 fully saturated rings. The van der Waals surface area contributed by atoms with Crippen LogP contribution in [0.4, 0.5) is 0 Å². The second-order valence-corrected chi connectivity index (χ2v) is 7.22. The van der Waals surface area contributed by atoms with Gasteiger partial charge in [-0.05, 0) is 38.0 Å². The first-order chi connectivity index (χ1) is 9.77. The van der Waals surface area contributed by atoms with Crippen LogP contribution in [-0.2, 0) is 10.0 Å². The van der Waals surface area contributed by atoms with E-state index in [-0.39, 0.29) is 16.2 Å². The van der Waals surface area contributed by atoms with Crippen LogP contribution in [0.1, 0.15) is 43.0 Å². The molecule has 6 nitrogen and oxygen atoms in total. The van der Waals surface area contributed by atoms with Gasteiger partial charge in [0.2, 0.25) is 10.0 Å². The minimum atomic E-state index is -3.75. The van der Waals surface area contributed by atoms with E-state index in [4.69, 9.17) is 9.84 Å². The molecule has 0 aliphatic heterocycles. The highest BCUT2D eigenvalue weighted by atomic mass is 32.2. The van der Waals surface area contributed by atoms with Crippen LogP contribution in [0, 0.1) is 0 Å². The summed E-state index contributed by atoms with van der Waals surface area (Å²) in [5.74, 6) is -1.09. The van der Waals surface area contributed by atoms with E-state index in [2.05, 4.69) is 4.72 Å². The number of hydrogen-bond acceptors (Lipinski definition) is 4. The standard InChI is InChI=1S/C14H19NO5S/c1-14(7-3-4-8-14)15-21(18,19)10-5-6-12(20-2)11(9-10)13(16)17/h5-6,9,15H,3-4,7-8H2,1-2H3,(H,16,17). The summed E-state index contributed by atoms with van der Waals surface area (Å²) in [6.45, 7) is 1.87. The fourth-order valence-corrected chi connectivity index (χ4v) is 4.15. The summed E-state index contributed by atoms with van der Waals surface area (Å²) in [7, 11) is -2.41. The predicted molar refractivity (Wildman–Crippen MR) is 77.1 cm³/mol. The molecule has 2 rings (SSSR count). The van der Waals surface area contributed by atoms with Crippen LogP contribution in [0.2, 0.25) is 0 Å². The lowest BCUT2D eigenvalue weighted by atomic mass is 10.0. The topological polar surface area (TPSA) is 92.7 Å². The lowest BCUT2D eigenvalue weighted by molar-refractivity contribution is 0.0693. The summed E-state index contributed by atoms with van der Waals surface area (Å²) in [6, 6.07) is 3.84. The third-order valence-electron chi connectivity index (χ3n) is 3.80. The third kappa shape index (κ3) is 3.36. The molecule has 1 aliphatic rings. The van der Waals surface area contributed by atoms with Crippen molar-refractivity contribution in [3.8, 4) is 5.75 Å². The van der Waals surface area contributed by atoms with Crippen LogP contribution in [0.5, 0.6) is 5.75 Å². The zero-order chi connectivity index (χ0) is 15.7. The largest absolute Gasteiger partial charge is 0.496 e. The number of ether oxygens (including phenoxy) is 1. The Bertz CT molecular complexity index is 647. The molecule has 0 spiro atoms. The van der Waals surface area contributed by atoms with Crippen molar-refractivity contribution in [1.29, 1.82) is 0 Å². The number of carbonyl (C=O) groups is 1. The average molecular weight is 313 g/mol. The molecular weight excluding hydrogens is 294 g/mol. The molecule has 0 amide bonds. The van der Waals surface area contributed by atoms with E-state index in [1.165, 1.54) is 19.2 Å². The SMILES string of the molecule is COc1ccc(S(=O)(=O)NC2(C)CCCC2)cc1C(=O)O. The number of nitrogens with one attached hydrogen (secondary N) is 1. The summed E-state index contributed by atoms with van der Waals surface area (Å²) in [5, 5.41) is 9.13. The zero-order valence-corrected chi connectivity index (χ0v) is 12.9. The highest BCUT2D eigenvalue weighted by Crippen LogP contribution is 2.31. The Hall–Kier alpha value is -1.60. The summed E-state index contributed by atoms with van der Waals surface area (Å²) in [6.07, 6.45) is 3.55. The van der Waals surface area contributed by atoms with Gasteiger partial charge in [-0.15, -0.1) is 0 Å². The first-order valence-electron chi connectivity index (χ1n) is 6.73. The number of rotatable bonds is 5. The van der Waals surface area contributed by atoms with Gasteiger partial charge in [-0.1, -0.05) is 12.8 Å². The summed E-state index contributed by atoms with van der Waals surface area (Å²) < 4.78 is 32.5. The zero-order valence-electron chi connectivity index (χ0n) is 12.0. The summed E-state index contributed by atoms with van der Waals surface area (Å²) in [4.78, 5) is 11.1. The Morgan fingerprint density at radius 1 is 1.33 bits per heavy atom. The lowest BCUT2D eigenvalue weighted by Crippen LogP contribution is -2.43.